The van der Waals surface area contributed by atoms with Gasteiger partial charge in [-0.15, -0.1) is 0 Å². The molecule has 0 aromatic heterocycles. The molecule has 0 spiro atoms. The number of aliphatic hydroxyl groups is 2. The summed E-state index contributed by atoms with van der Waals surface area (Å²) in [5.74, 6) is 1.58. The predicted molar refractivity (Wildman–Crippen MR) is 140 cm³/mol. The summed E-state index contributed by atoms with van der Waals surface area (Å²) in [5, 5.41) is 34.0. The molecule has 0 aromatic rings. The number of carbonyl (C=O) groups is 2. The van der Waals surface area contributed by atoms with Crippen LogP contribution >= 0.6 is 0 Å². The standard InChI is InChI=1S/C30H51NO5/c1-6-17(2)27(28(35)36)31-25(34)10-7-18(3)21-8-9-22-26-23(12-14-30(21,22)5)29(4)13-11-20(32)15-19(29)16-24(26)33/h17-24,26-27,32-33H,6-16H2,1-5H3,(H,31,34)(H,35,36)/t17?,18?,19-,20+,21+,22-,23-,24-,26-,27-,29-,30+/m0/s1. The van der Waals surface area contributed by atoms with E-state index in [4.69, 9.17) is 0 Å². The summed E-state index contributed by atoms with van der Waals surface area (Å²) in [6, 6.07) is -0.819. The van der Waals surface area contributed by atoms with Crippen molar-refractivity contribution in [2.75, 3.05) is 0 Å². The highest BCUT2D eigenvalue weighted by atomic mass is 16.4. The molecular weight excluding hydrogens is 454 g/mol. The predicted octanol–water partition coefficient (Wildman–Crippen LogP) is 5.01. The van der Waals surface area contributed by atoms with Crippen LogP contribution in [0.15, 0.2) is 0 Å². The van der Waals surface area contributed by atoms with E-state index in [2.05, 4.69) is 26.1 Å². The second kappa shape index (κ2) is 10.6. The van der Waals surface area contributed by atoms with Crippen molar-refractivity contribution >= 4 is 11.9 Å². The molecule has 0 aliphatic heterocycles. The third-order valence-electron chi connectivity index (χ3n) is 12.0. The highest BCUT2D eigenvalue weighted by Gasteiger charge is 2.62. The Labute approximate surface area is 218 Å². The second-order valence-corrected chi connectivity index (χ2v) is 13.7. The van der Waals surface area contributed by atoms with Crippen LogP contribution in [0.25, 0.3) is 0 Å². The minimum absolute atomic E-state index is 0.0932. The molecule has 36 heavy (non-hydrogen) atoms. The molecule has 4 aliphatic carbocycles. The zero-order chi connectivity index (χ0) is 26.4. The lowest BCUT2D eigenvalue weighted by Gasteiger charge is -2.62. The fourth-order valence-electron chi connectivity index (χ4n) is 9.66. The van der Waals surface area contributed by atoms with E-state index in [0.29, 0.717) is 48.3 Å². The van der Waals surface area contributed by atoms with Gasteiger partial charge in [-0.3, -0.25) is 4.79 Å². The fraction of sp³-hybridized carbons (Fsp3) is 0.933. The number of fused-ring (bicyclic) bond motifs is 5. The van der Waals surface area contributed by atoms with E-state index in [1.807, 2.05) is 13.8 Å². The van der Waals surface area contributed by atoms with Crippen LogP contribution < -0.4 is 5.32 Å². The SMILES string of the molecule is CCC(C)[C@H](NC(=O)CCC(C)[C@H]1CC[C@H]2[C@@H]3[C@@H](O)C[C@@H]4C[C@H](O)CC[C@]4(C)[C@H]3CC[C@]12C)C(=O)O. The number of carbonyl (C=O) groups excluding carboxylic acids is 1. The van der Waals surface area contributed by atoms with Crippen molar-refractivity contribution in [2.24, 2.45) is 52.3 Å². The zero-order valence-electron chi connectivity index (χ0n) is 23.2. The van der Waals surface area contributed by atoms with Crippen LogP contribution in [0.1, 0.15) is 105 Å². The van der Waals surface area contributed by atoms with Gasteiger partial charge in [0.15, 0.2) is 0 Å². The molecule has 6 nitrogen and oxygen atoms in total. The minimum Gasteiger partial charge on any atom is -0.480 e. The first-order valence-corrected chi connectivity index (χ1v) is 14.8. The normalized spacial score (nSPS) is 44.5. The number of carboxylic acid groups (broad SMARTS) is 1. The average molecular weight is 506 g/mol. The third kappa shape index (κ3) is 4.86. The molecule has 4 N–H and O–H groups in total. The van der Waals surface area contributed by atoms with E-state index in [1.54, 1.807) is 0 Å². The first kappa shape index (κ1) is 27.9. The summed E-state index contributed by atoms with van der Waals surface area (Å²) in [6.07, 6.45) is 9.72. The van der Waals surface area contributed by atoms with Crippen LogP contribution in [-0.4, -0.2) is 45.4 Å². The summed E-state index contributed by atoms with van der Waals surface area (Å²) < 4.78 is 0. The van der Waals surface area contributed by atoms with Gasteiger partial charge in [-0.1, -0.05) is 41.0 Å². The highest BCUT2D eigenvalue weighted by Crippen LogP contribution is 2.68. The number of rotatable bonds is 8. The summed E-state index contributed by atoms with van der Waals surface area (Å²) in [5.41, 5.74) is 0.429. The Morgan fingerprint density at radius 2 is 1.64 bits per heavy atom. The van der Waals surface area contributed by atoms with Crippen molar-refractivity contribution in [3.8, 4) is 0 Å². The molecule has 1 amide bonds. The van der Waals surface area contributed by atoms with Gasteiger partial charge < -0.3 is 20.6 Å². The van der Waals surface area contributed by atoms with Crippen LogP contribution in [0.2, 0.25) is 0 Å². The topological polar surface area (TPSA) is 107 Å². The molecule has 0 aromatic carbocycles. The Hall–Kier alpha value is -1.14. The Bertz CT molecular complexity index is 817. The van der Waals surface area contributed by atoms with E-state index in [-0.39, 0.29) is 34.9 Å². The molecule has 0 saturated heterocycles. The summed E-state index contributed by atoms with van der Waals surface area (Å²) in [4.78, 5) is 24.3. The molecule has 2 unspecified atom stereocenters. The average Bonchev–Trinajstić information content (AvgIpc) is 3.18. The minimum atomic E-state index is -0.955. The van der Waals surface area contributed by atoms with E-state index in [9.17, 15) is 24.9 Å². The van der Waals surface area contributed by atoms with Crippen molar-refractivity contribution < 1.29 is 24.9 Å². The summed E-state index contributed by atoms with van der Waals surface area (Å²) in [6.45, 7) is 11.0. The van der Waals surface area contributed by atoms with Crippen LogP contribution in [-0.2, 0) is 9.59 Å². The molecule has 0 heterocycles. The molecule has 6 heteroatoms. The van der Waals surface area contributed by atoms with Gasteiger partial charge in [-0.2, -0.15) is 0 Å². The van der Waals surface area contributed by atoms with Crippen molar-refractivity contribution in [3.05, 3.63) is 0 Å². The van der Waals surface area contributed by atoms with E-state index < -0.39 is 12.0 Å². The number of nitrogens with one attached hydrogen (secondary N) is 1. The largest absolute Gasteiger partial charge is 0.480 e. The second-order valence-electron chi connectivity index (χ2n) is 13.7. The molecule has 12 atom stereocenters. The quantitative estimate of drug-likeness (QED) is 0.371. The number of aliphatic carboxylic acids is 1. The maximum absolute atomic E-state index is 12.7. The Morgan fingerprint density at radius 1 is 0.972 bits per heavy atom. The summed E-state index contributed by atoms with van der Waals surface area (Å²) >= 11 is 0. The van der Waals surface area contributed by atoms with Gasteiger partial charge in [0, 0.05) is 6.42 Å². The fourth-order valence-corrected chi connectivity index (χ4v) is 9.66. The van der Waals surface area contributed by atoms with Gasteiger partial charge in [0.25, 0.3) is 0 Å². The lowest BCUT2D eigenvalue weighted by atomic mass is 9.43. The molecule has 4 saturated carbocycles. The van der Waals surface area contributed by atoms with Crippen LogP contribution in [0.4, 0.5) is 0 Å². The number of hydrogen-bond donors (Lipinski definition) is 4. The highest BCUT2D eigenvalue weighted by molar-refractivity contribution is 5.83. The van der Waals surface area contributed by atoms with E-state index in [0.717, 1.165) is 51.4 Å². The van der Waals surface area contributed by atoms with Crippen molar-refractivity contribution in [3.63, 3.8) is 0 Å². The number of carboxylic acids is 1. The molecule has 4 aliphatic rings. The Morgan fingerprint density at radius 3 is 2.31 bits per heavy atom. The first-order valence-electron chi connectivity index (χ1n) is 14.8. The van der Waals surface area contributed by atoms with Crippen LogP contribution in [0.3, 0.4) is 0 Å². The van der Waals surface area contributed by atoms with Crippen LogP contribution in [0.5, 0.6) is 0 Å². The molecule has 0 radical (unpaired) electrons. The maximum Gasteiger partial charge on any atom is 0.326 e. The van der Waals surface area contributed by atoms with Gasteiger partial charge >= 0.3 is 5.97 Å². The maximum atomic E-state index is 12.7. The Kier molecular flexibility index (Phi) is 8.17. The van der Waals surface area contributed by atoms with Crippen LogP contribution in [0, 0.1) is 52.3 Å². The van der Waals surface area contributed by atoms with E-state index >= 15 is 0 Å². The smallest absolute Gasteiger partial charge is 0.326 e. The monoisotopic (exact) mass is 505 g/mol. The molecule has 206 valence electrons. The van der Waals surface area contributed by atoms with Gasteiger partial charge in [0.2, 0.25) is 5.91 Å². The molecule has 4 rings (SSSR count). The van der Waals surface area contributed by atoms with E-state index in [1.165, 1.54) is 6.42 Å². The van der Waals surface area contributed by atoms with Gasteiger partial charge in [-0.05, 0) is 110 Å². The number of hydrogen-bond acceptors (Lipinski definition) is 4. The van der Waals surface area contributed by atoms with Gasteiger partial charge in [0.1, 0.15) is 6.04 Å². The van der Waals surface area contributed by atoms with Crippen molar-refractivity contribution in [1.82, 2.24) is 5.32 Å². The first-order chi connectivity index (χ1) is 16.9. The van der Waals surface area contributed by atoms with Crippen molar-refractivity contribution in [2.45, 2.75) is 123 Å². The summed E-state index contributed by atoms with van der Waals surface area (Å²) in [7, 11) is 0. The number of amides is 1. The molecule has 0 bridgehead atoms. The Balaban J connectivity index is 1.40. The zero-order valence-corrected chi connectivity index (χ0v) is 23.2. The third-order valence-corrected chi connectivity index (χ3v) is 12.0. The van der Waals surface area contributed by atoms with Gasteiger partial charge in [-0.25, -0.2) is 4.79 Å². The molecule has 4 fully saturated rings. The van der Waals surface area contributed by atoms with Crippen molar-refractivity contribution in [1.29, 1.82) is 0 Å². The lowest BCUT2D eigenvalue weighted by molar-refractivity contribution is -0.174. The lowest BCUT2D eigenvalue weighted by Crippen LogP contribution is -2.58. The number of aliphatic hydroxyl groups excluding tert-OH is 2. The molecular formula is C30H51NO5. The van der Waals surface area contributed by atoms with Gasteiger partial charge in [0.05, 0.1) is 12.2 Å².